The van der Waals surface area contributed by atoms with Crippen molar-refractivity contribution in [2.24, 2.45) is 0 Å². The highest BCUT2D eigenvalue weighted by molar-refractivity contribution is 5.96. The summed E-state index contributed by atoms with van der Waals surface area (Å²) in [6.07, 6.45) is 3.27. The third kappa shape index (κ3) is 1.76. The number of hydrogen-bond acceptors (Lipinski definition) is 1. The summed E-state index contributed by atoms with van der Waals surface area (Å²) in [7, 11) is 0. The third-order valence-electron chi connectivity index (χ3n) is 3.09. The number of fused-ring (bicyclic) bond motifs is 1. The van der Waals surface area contributed by atoms with Gasteiger partial charge in [0.05, 0.1) is 0 Å². The van der Waals surface area contributed by atoms with Crippen LogP contribution < -0.4 is 0 Å². The first-order valence-electron chi connectivity index (χ1n) is 5.85. The molecule has 1 aromatic heterocycles. The predicted octanol–water partition coefficient (Wildman–Crippen LogP) is 4.35. The zero-order valence-corrected chi connectivity index (χ0v) is 10.0. The SMILES string of the molecule is Cc1cccc(-c2ccc(F)c3cnccc23)c1. The van der Waals surface area contributed by atoms with E-state index in [0.29, 0.717) is 5.39 Å². The molecule has 0 saturated heterocycles. The summed E-state index contributed by atoms with van der Waals surface area (Å²) in [6.45, 7) is 2.05. The molecule has 0 aliphatic rings. The van der Waals surface area contributed by atoms with Crippen molar-refractivity contribution in [3.8, 4) is 11.1 Å². The Morgan fingerprint density at radius 3 is 2.72 bits per heavy atom. The molecule has 2 aromatic carbocycles. The number of benzene rings is 2. The quantitative estimate of drug-likeness (QED) is 0.613. The first-order valence-corrected chi connectivity index (χ1v) is 5.85. The van der Waals surface area contributed by atoms with Crippen molar-refractivity contribution in [3.05, 3.63) is 66.2 Å². The van der Waals surface area contributed by atoms with E-state index in [0.717, 1.165) is 16.5 Å². The van der Waals surface area contributed by atoms with Gasteiger partial charge in [-0.1, -0.05) is 35.9 Å². The van der Waals surface area contributed by atoms with Gasteiger partial charge in [0.2, 0.25) is 0 Å². The third-order valence-corrected chi connectivity index (χ3v) is 3.09. The normalized spacial score (nSPS) is 10.8. The Morgan fingerprint density at radius 1 is 1.00 bits per heavy atom. The number of nitrogens with zero attached hydrogens (tertiary/aromatic N) is 1. The lowest BCUT2D eigenvalue weighted by molar-refractivity contribution is 0.639. The minimum absolute atomic E-state index is 0.227. The molecule has 1 heterocycles. The second-order valence-corrected chi connectivity index (χ2v) is 4.39. The van der Waals surface area contributed by atoms with Crippen LogP contribution in [0.25, 0.3) is 21.9 Å². The first kappa shape index (κ1) is 10.9. The number of aryl methyl sites for hydroxylation is 1. The summed E-state index contributed by atoms with van der Waals surface area (Å²) in [5.41, 5.74) is 3.34. The van der Waals surface area contributed by atoms with Crippen LogP contribution in [-0.4, -0.2) is 4.98 Å². The lowest BCUT2D eigenvalue weighted by Crippen LogP contribution is -1.86. The molecule has 0 fully saturated rings. The molecule has 0 atom stereocenters. The van der Waals surface area contributed by atoms with Gasteiger partial charge in [-0.2, -0.15) is 0 Å². The molecule has 0 spiro atoms. The Balaban J connectivity index is 2.33. The second kappa shape index (κ2) is 4.22. The molecule has 0 aliphatic carbocycles. The van der Waals surface area contributed by atoms with Crippen LogP contribution in [-0.2, 0) is 0 Å². The van der Waals surface area contributed by atoms with Gasteiger partial charge in [0.15, 0.2) is 0 Å². The highest BCUT2D eigenvalue weighted by Crippen LogP contribution is 2.30. The molecule has 0 aliphatic heterocycles. The van der Waals surface area contributed by atoms with Gasteiger partial charge in [-0.3, -0.25) is 4.98 Å². The van der Waals surface area contributed by atoms with Crippen LogP contribution in [0.4, 0.5) is 4.39 Å². The molecule has 1 nitrogen and oxygen atoms in total. The summed E-state index contributed by atoms with van der Waals surface area (Å²) < 4.78 is 13.7. The first-order chi connectivity index (χ1) is 8.75. The highest BCUT2D eigenvalue weighted by atomic mass is 19.1. The summed E-state index contributed by atoms with van der Waals surface area (Å²) >= 11 is 0. The van der Waals surface area contributed by atoms with Crippen LogP contribution in [0, 0.1) is 12.7 Å². The van der Waals surface area contributed by atoms with E-state index in [4.69, 9.17) is 0 Å². The Hall–Kier alpha value is -2.22. The van der Waals surface area contributed by atoms with Crippen molar-refractivity contribution in [1.29, 1.82) is 0 Å². The van der Waals surface area contributed by atoms with E-state index in [1.165, 1.54) is 11.6 Å². The largest absolute Gasteiger partial charge is 0.264 e. The van der Waals surface area contributed by atoms with Crippen LogP contribution in [0.15, 0.2) is 54.9 Å². The molecule has 3 rings (SSSR count). The molecular formula is C16H12FN. The molecule has 0 bridgehead atoms. The van der Waals surface area contributed by atoms with Crippen LogP contribution in [0.2, 0.25) is 0 Å². The summed E-state index contributed by atoms with van der Waals surface area (Å²) in [5.74, 6) is -0.227. The predicted molar refractivity (Wildman–Crippen MR) is 71.9 cm³/mol. The summed E-state index contributed by atoms with van der Waals surface area (Å²) in [4.78, 5) is 3.99. The van der Waals surface area contributed by atoms with Crippen LogP contribution in [0.1, 0.15) is 5.56 Å². The molecular weight excluding hydrogens is 225 g/mol. The van der Waals surface area contributed by atoms with E-state index < -0.39 is 0 Å². The molecule has 0 unspecified atom stereocenters. The zero-order valence-electron chi connectivity index (χ0n) is 10.0. The number of pyridine rings is 1. The van der Waals surface area contributed by atoms with Crippen LogP contribution in [0.3, 0.4) is 0 Å². The molecule has 0 N–H and O–H groups in total. The van der Waals surface area contributed by atoms with Crippen molar-refractivity contribution < 1.29 is 4.39 Å². The molecule has 0 saturated carbocycles. The lowest BCUT2D eigenvalue weighted by atomic mass is 9.98. The van der Waals surface area contributed by atoms with Gasteiger partial charge in [0.1, 0.15) is 5.82 Å². The van der Waals surface area contributed by atoms with Crippen molar-refractivity contribution in [2.75, 3.05) is 0 Å². The van der Waals surface area contributed by atoms with Gasteiger partial charge >= 0.3 is 0 Å². The average Bonchev–Trinajstić information content (AvgIpc) is 2.39. The lowest BCUT2D eigenvalue weighted by Gasteiger charge is -2.08. The molecule has 0 radical (unpaired) electrons. The van der Waals surface area contributed by atoms with E-state index in [9.17, 15) is 4.39 Å². The fraction of sp³-hybridized carbons (Fsp3) is 0.0625. The number of hydrogen-bond donors (Lipinski definition) is 0. The van der Waals surface area contributed by atoms with Crippen molar-refractivity contribution in [1.82, 2.24) is 4.98 Å². The molecule has 2 heteroatoms. The smallest absolute Gasteiger partial charge is 0.132 e. The van der Waals surface area contributed by atoms with E-state index >= 15 is 0 Å². The van der Waals surface area contributed by atoms with Gasteiger partial charge < -0.3 is 0 Å². The molecule has 3 aromatic rings. The molecule has 0 amide bonds. The van der Waals surface area contributed by atoms with E-state index in [1.807, 2.05) is 24.3 Å². The van der Waals surface area contributed by atoms with Gasteiger partial charge in [-0.25, -0.2) is 4.39 Å². The van der Waals surface area contributed by atoms with Crippen molar-refractivity contribution in [3.63, 3.8) is 0 Å². The maximum absolute atomic E-state index is 13.7. The molecule has 18 heavy (non-hydrogen) atoms. The van der Waals surface area contributed by atoms with Gasteiger partial charge in [-0.15, -0.1) is 0 Å². The second-order valence-electron chi connectivity index (χ2n) is 4.39. The Morgan fingerprint density at radius 2 is 1.89 bits per heavy atom. The minimum atomic E-state index is -0.227. The fourth-order valence-corrected chi connectivity index (χ4v) is 2.22. The van der Waals surface area contributed by atoms with E-state index in [2.05, 4.69) is 24.0 Å². The van der Waals surface area contributed by atoms with Crippen LogP contribution in [0.5, 0.6) is 0 Å². The number of halogens is 1. The number of rotatable bonds is 1. The Bertz CT molecular complexity index is 719. The van der Waals surface area contributed by atoms with Gasteiger partial charge in [0.25, 0.3) is 0 Å². The van der Waals surface area contributed by atoms with E-state index in [-0.39, 0.29) is 5.82 Å². The maximum Gasteiger partial charge on any atom is 0.132 e. The average molecular weight is 237 g/mol. The van der Waals surface area contributed by atoms with E-state index in [1.54, 1.807) is 12.4 Å². The molecule has 88 valence electrons. The summed E-state index contributed by atoms with van der Waals surface area (Å²) in [5, 5.41) is 1.46. The zero-order chi connectivity index (χ0) is 12.5. The summed E-state index contributed by atoms with van der Waals surface area (Å²) in [6, 6.07) is 13.4. The monoisotopic (exact) mass is 237 g/mol. The minimum Gasteiger partial charge on any atom is -0.264 e. The Labute approximate surface area is 105 Å². The van der Waals surface area contributed by atoms with Crippen molar-refractivity contribution >= 4 is 10.8 Å². The van der Waals surface area contributed by atoms with Gasteiger partial charge in [0, 0.05) is 17.8 Å². The topological polar surface area (TPSA) is 12.9 Å². The Kier molecular flexibility index (Phi) is 2.56. The maximum atomic E-state index is 13.7. The van der Waals surface area contributed by atoms with Gasteiger partial charge in [-0.05, 0) is 35.6 Å². The number of aromatic nitrogens is 1. The van der Waals surface area contributed by atoms with Crippen LogP contribution >= 0.6 is 0 Å². The standard InChI is InChI=1S/C16H12FN/c1-11-3-2-4-12(9-11)13-5-6-16(17)15-10-18-8-7-14(13)15/h2-10H,1H3. The van der Waals surface area contributed by atoms with Crippen molar-refractivity contribution in [2.45, 2.75) is 6.92 Å². The highest BCUT2D eigenvalue weighted by Gasteiger charge is 2.07. The fourth-order valence-electron chi connectivity index (χ4n) is 2.22.